The number of amides is 2. The molecule has 0 saturated heterocycles. The van der Waals surface area contributed by atoms with E-state index in [9.17, 15) is 9.90 Å². The average Bonchev–Trinajstić information content (AvgIpc) is 2.88. The molecule has 3 rings (SSSR count). The fraction of sp³-hybridized carbons (Fsp3) is 0.467. The normalized spacial score (nSPS) is 17.6. The number of nitrogens with zero attached hydrogens (tertiary/aromatic N) is 1. The van der Waals surface area contributed by atoms with Gasteiger partial charge in [0.15, 0.2) is 5.13 Å². The fourth-order valence-electron chi connectivity index (χ4n) is 2.70. The van der Waals surface area contributed by atoms with Crippen LogP contribution in [0.25, 0.3) is 10.2 Å². The first-order chi connectivity index (χ1) is 10.1. The van der Waals surface area contributed by atoms with Crippen molar-refractivity contribution in [2.75, 3.05) is 11.9 Å². The number of aliphatic hydroxyl groups is 1. The topological polar surface area (TPSA) is 74.2 Å². The van der Waals surface area contributed by atoms with Crippen LogP contribution in [-0.2, 0) is 0 Å². The zero-order chi connectivity index (χ0) is 14.7. The number of carbonyl (C=O) groups is 1. The van der Waals surface area contributed by atoms with E-state index in [0.29, 0.717) is 11.7 Å². The second-order valence-electron chi connectivity index (χ2n) is 5.58. The van der Waals surface area contributed by atoms with Crippen LogP contribution in [0.1, 0.15) is 32.1 Å². The molecule has 1 heterocycles. The molecule has 1 aromatic heterocycles. The number of rotatable bonds is 3. The van der Waals surface area contributed by atoms with Gasteiger partial charge in [-0.2, -0.15) is 0 Å². The van der Waals surface area contributed by atoms with Gasteiger partial charge >= 0.3 is 6.03 Å². The fourth-order valence-corrected chi connectivity index (χ4v) is 3.56. The van der Waals surface area contributed by atoms with Crippen molar-refractivity contribution in [2.24, 2.45) is 0 Å². The zero-order valence-electron chi connectivity index (χ0n) is 11.8. The second-order valence-corrected chi connectivity index (χ2v) is 6.61. The third kappa shape index (κ3) is 3.51. The summed E-state index contributed by atoms with van der Waals surface area (Å²) < 4.78 is 1.04. The monoisotopic (exact) mass is 305 g/mol. The van der Waals surface area contributed by atoms with Crippen LogP contribution in [0.15, 0.2) is 24.3 Å². The van der Waals surface area contributed by atoms with Crippen molar-refractivity contribution < 1.29 is 9.90 Å². The molecule has 0 unspecified atom stereocenters. The molecule has 1 fully saturated rings. The quantitative estimate of drug-likeness (QED) is 0.815. The van der Waals surface area contributed by atoms with Gasteiger partial charge in [-0.05, 0) is 25.0 Å². The number of hydrogen-bond acceptors (Lipinski definition) is 4. The molecule has 0 atom stereocenters. The molecule has 1 aromatic carbocycles. The lowest BCUT2D eigenvalue weighted by Crippen LogP contribution is -2.45. The molecule has 6 heteroatoms. The summed E-state index contributed by atoms with van der Waals surface area (Å²) in [7, 11) is 0. The molecule has 2 amide bonds. The van der Waals surface area contributed by atoms with E-state index in [4.69, 9.17) is 0 Å². The number of thiazole rings is 1. The number of nitrogens with one attached hydrogen (secondary N) is 2. The van der Waals surface area contributed by atoms with Crippen LogP contribution in [0.5, 0.6) is 0 Å². The molecule has 5 nitrogen and oxygen atoms in total. The lowest BCUT2D eigenvalue weighted by atomic mass is 9.85. The van der Waals surface area contributed by atoms with E-state index in [2.05, 4.69) is 15.6 Å². The zero-order valence-corrected chi connectivity index (χ0v) is 12.6. The van der Waals surface area contributed by atoms with Crippen LogP contribution < -0.4 is 10.6 Å². The predicted molar refractivity (Wildman–Crippen MR) is 84.7 cm³/mol. The molecule has 0 aliphatic heterocycles. The molecule has 0 bridgehead atoms. The molecule has 0 radical (unpaired) electrons. The third-order valence-corrected chi connectivity index (χ3v) is 4.83. The lowest BCUT2D eigenvalue weighted by Gasteiger charge is -2.31. The van der Waals surface area contributed by atoms with Crippen LogP contribution in [0.2, 0.25) is 0 Å². The smallest absolute Gasteiger partial charge is 0.321 e. The largest absolute Gasteiger partial charge is 0.388 e. The summed E-state index contributed by atoms with van der Waals surface area (Å²) in [5, 5.41) is 16.4. The molecule has 0 spiro atoms. The van der Waals surface area contributed by atoms with Crippen LogP contribution in [0.3, 0.4) is 0 Å². The van der Waals surface area contributed by atoms with Crippen molar-refractivity contribution in [1.29, 1.82) is 0 Å². The van der Waals surface area contributed by atoms with Gasteiger partial charge in [0, 0.05) is 6.54 Å². The molecule has 3 N–H and O–H groups in total. The molecule has 21 heavy (non-hydrogen) atoms. The van der Waals surface area contributed by atoms with Gasteiger partial charge in [0.2, 0.25) is 0 Å². The number of urea groups is 1. The summed E-state index contributed by atoms with van der Waals surface area (Å²) in [5.74, 6) is 0. The Hall–Kier alpha value is -1.66. The molecular weight excluding hydrogens is 286 g/mol. The summed E-state index contributed by atoms with van der Waals surface area (Å²) >= 11 is 1.44. The molecule has 1 aliphatic rings. The number of para-hydroxylation sites is 1. The molecule has 1 saturated carbocycles. The van der Waals surface area contributed by atoms with Crippen molar-refractivity contribution in [1.82, 2.24) is 10.3 Å². The number of benzene rings is 1. The van der Waals surface area contributed by atoms with Gasteiger partial charge in [-0.25, -0.2) is 9.78 Å². The van der Waals surface area contributed by atoms with Gasteiger partial charge in [0.1, 0.15) is 0 Å². The number of fused-ring (bicyclic) bond motifs is 1. The van der Waals surface area contributed by atoms with E-state index in [1.165, 1.54) is 17.8 Å². The number of aromatic nitrogens is 1. The van der Waals surface area contributed by atoms with Crippen molar-refractivity contribution in [3.63, 3.8) is 0 Å². The van der Waals surface area contributed by atoms with E-state index in [1.807, 2.05) is 24.3 Å². The Labute approximate surface area is 127 Å². The van der Waals surface area contributed by atoms with E-state index in [1.54, 1.807) is 0 Å². The second kappa shape index (κ2) is 5.99. The Morgan fingerprint density at radius 2 is 2.05 bits per heavy atom. The summed E-state index contributed by atoms with van der Waals surface area (Å²) in [6.45, 7) is 0.295. The minimum atomic E-state index is -0.747. The van der Waals surface area contributed by atoms with Gasteiger partial charge in [0.05, 0.1) is 15.8 Å². The average molecular weight is 305 g/mol. The minimum absolute atomic E-state index is 0.295. The maximum atomic E-state index is 11.9. The first-order valence-electron chi connectivity index (χ1n) is 7.27. The Morgan fingerprint density at radius 3 is 2.81 bits per heavy atom. The summed E-state index contributed by atoms with van der Waals surface area (Å²) in [5.41, 5.74) is 0.132. The highest BCUT2D eigenvalue weighted by molar-refractivity contribution is 7.22. The predicted octanol–water partition coefficient (Wildman–Crippen LogP) is 3.11. The van der Waals surface area contributed by atoms with E-state index in [0.717, 1.165) is 35.9 Å². The first kappa shape index (κ1) is 14.3. The van der Waals surface area contributed by atoms with Crippen molar-refractivity contribution in [2.45, 2.75) is 37.7 Å². The Kier molecular flexibility index (Phi) is 4.07. The summed E-state index contributed by atoms with van der Waals surface area (Å²) in [6.07, 6.45) is 4.73. The first-order valence-corrected chi connectivity index (χ1v) is 8.09. The highest BCUT2D eigenvalue weighted by Crippen LogP contribution is 2.27. The molecular formula is C15H19N3O2S. The van der Waals surface area contributed by atoms with Crippen LogP contribution in [0.4, 0.5) is 9.93 Å². The molecule has 112 valence electrons. The number of hydrogen-bond donors (Lipinski definition) is 3. The van der Waals surface area contributed by atoms with E-state index in [-0.39, 0.29) is 6.03 Å². The highest BCUT2D eigenvalue weighted by atomic mass is 32.1. The van der Waals surface area contributed by atoms with Crippen LogP contribution in [0, 0.1) is 0 Å². The van der Waals surface area contributed by atoms with Crippen LogP contribution in [-0.4, -0.2) is 28.3 Å². The Bertz CT molecular complexity index is 602. The van der Waals surface area contributed by atoms with Crippen LogP contribution >= 0.6 is 11.3 Å². The summed E-state index contributed by atoms with van der Waals surface area (Å²) in [6, 6.07) is 7.45. The number of carbonyl (C=O) groups excluding carboxylic acids is 1. The minimum Gasteiger partial charge on any atom is -0.388 e. The molecule has 1 aliphatic carbocycles. The van der Waals surface area contributed by atoms with Crippen molar-refractivity contribution in [3.05, 3.63) is 24.3 Å². The maximum absolute atomic E-state index is 11.9. The SMILES string of the molecule is O=C(NCC1(O)CCCCC1)Nc1nc2ccccc2s1. The lowest BCUT2D eigenvalue weighted by molar-refractivity contribution is 0.00755. The highest BCUT2D eigenvalue weighted by Gasteiger charge is 2.29. The van der Waals surface area contributed by atoms with Gasteiger partial charge in [-0.3, -0.25) is 5.32 Å². The Morgan fingerprint density at radius 1 is 1.29 bits per heavy atom. The standard InChI is InChI=1S/C15H19N3O2S/c19-13(16-10-15(20)8-4-1-5-9-15)18-14-17-11-6-2-3-7-12(11)21-14/h2-3,6-7,20H,1,4-5,8-10H2,(H2,16,17,18,19). The number of anilines is 1. The van der Waals surface area contributed by atoms with E-state index >= 15 is 0 Å². The van der Waals surface area contributed by atoms with Gasteiger partial charge in [0.25, 0.3) is 0 Å². The van der Waals surface area contributed by atoms with Gasteiger partial charge in [-0.15, -0.1) is 0 Å². The molecule has 2 aromatic rings. The van der Waals surface area contributed by atoms with Gasteiger partial charge < -0.3 is 10.4 Å². The van der Waals surface area contributed by atoms with E-state index < -0.39 is 5.60 Å². The Balaban J connectivity index is 1.56. The third-order valence-electron chi connectivity index (χ3n) is 3.88. The maximum Gasteiger partial charge on any atom is 0.321 e. The van der Waals surface area contributed by atoms with Gasteiger partial charge in [-0.1, -0.05) is 42.7 Å². The summed E-state index contributed by atoms with van der Waals surface area (Å²) in [4.78, 5) is 16.3. The van der Waals surface area contributed by atoms with Crippen molar-refractivity contribution >= 4 is 32.7 Å². The van der Waals surface area contributed by atoms with Crippen molar-refractivity contribution in [3.8, 4) is 0 Å².